The van der Waals surface area contributed by atoms with Crippen molar-refractivity contribution in [2.45, 2.75) is 12.1 Å². The zero-order chi connectivity index (χ0) is 23.8. The first-order valence-electron chi connectivity index (χ1n) is 11.3. The van der Waals surface area contributed by atoms with Crippen molar-refractivity contribution in [1.82, 2.24) is 15.1 Å². The number of aromatic nitrogens is 2. The Labute approximate surface area is 204 Å². The van der Waals surface area contributed by atoms with Crippen LogP contribution >= 0.6 is 11.8 Å². The van der Waals surface area contributed by atoms with Gasteiger partial charge >= 0.3 is 0 Å². The van der Waals surface area contributed by atoms with Gasteiger partial charge in [0.05, 0.1) is 12.4 Å². The van der Waals surface area contributed by atoms with Crippen molar-refractivity contribution in [3.63, 3.8) is 0 Å². The average molecular weight is 480 g/mol. The van der Waals surface area contributed by atoms with Gasteiger partial charge in [0.25, 0.3) is 5.22 Å². The summed E-state index contributed by atoms with van der Waals surface area (Å²) < 4.78 is 11.1. The van der Waals surface area contributed by atoms with Gasteiger partial charge in [-0.05, 0) is 55.5 Å². The zero-order valence-corrected chi connectivity index (χ0v) is 20.1. The normalized spacial score (nSPS) is 14.1. The molecule has 4 rings (SSSR count). The third kappa shape index (κ3) is 6.39. The lowest BCUT2D eigenvalue weighted by Gasteiger charge is -2.35. The van der Waals surface area contributed by atoms with E-state index in [4.69, 9.17) is 9.15 Å². The molecule has 1 saturated heterocycles. The van der Waals surface area contributed by atoms with E-state index >= 15 is 0 Å². The van der Waals surface area contributed by atoms with E-state index in [9.17, 15) is 4.79 Å². The number of ether oxygens (including phenoxy) is 1. The van der Waals surface area contributed by atoms with Crippen LogP contribution in [0.4, 0.5) is 11.4 Å². The molecule has 2 aromatic carbocycles. The highest BCUT2D eigenvalue weighted by atomic mass is 32.2. The number of amides is 1. The number of benzene rings is 2. The van der Waals surface area contributed by atoms with E-state index in [1.807, 2.05) is 61.5 Å². The van der Waals surface area contributed by atoms with Crippen molar-refractivity contribution >= 4 is 29.0 Å². The molecule has 0 saturated carbocycles. The van der Waals surface area contributed by atoms with Gasteiger partial charge < -0.3 is 19.4 Å². The van der Waals surface area contributed by atoms with Crippen molar-refractivity contribution in [2.24, 2.45) is 0 Å². The molecule has 178 valence electrons. The first-order chi connectivity index (χ1) is 16.6. The fourth-order valence-corrected chi connectivity index (χ4v) is 4.26. The standard InChI is InChI=1S/C25H29N5O3S/c1-3-13-29-14-16-30(17-15-29)21-9-7-20(8-10-21)26-23(31)18-34-25-28-27-24(33-25)19-5-11-22(12-6-19)32-4-2/h3,5-12H,1,4,13-18H2,2H3,(H,26,31). The third-order valence-electron chi connectivity index (χ3n) is 5.42. The van der Waals surface area contributed by atoms with Crippen LogP contribution in [0.5, 0.6) is 5.75 Å². The smallest absolute Gasteiger partial charge is 0.277 e. The van der Waals surface area contributed by atoms with E-state index in [1.165, 1.54) is 17.4 Å². The molecule has 0 aliphatic carbocycles. The fraction of sp³-hybridized carbons (Fsp3) is 0.320. The molecular weight excluding hydrogens is 450 g/mol. The Morgan fingerprint density at radius 2 is 1.85 bits per heavy atom. The van der Waals surface area contributed by atoms with Crippen LogP contribution in [0.2, 0.25) is 0 Å². The van der Waals surface area contributed by atoms with E-state index in [2.05, 4.69) is 31.9 Å². The summed E-state index contributed by atoms with van der Waals surface area (Å²) in [4.78, 5) is 17.1. The lowest BCUT2D eigenvalue weighted by atomic mass is 10.2. The van der Waals surface area contributed by atoms with Crippen molar-refractivity contribution in [3.05, 3.63) is 61.2 Å². The Balaban J connectivity index is 1.24. The molecule has 1 aliphatic heterocycles. The number of carbonyl (C=O) groups is 1. The van der Waals surface area contributed by atoms with Crippen LogP contribution in [0.25, 0.3) is 11.5 Å². The highest BCUT2D eigenvalue weighted by Gasteiger charge is 2.16. The van der Waals surface area contributed by atoms with E-state index in [-0.39, 0.29) is 11.7 Å². The SMILES string of the molecule is C=CCN1CCN(c2ccc(NC(=O)CSc3nnc(-c4ccc(OCC)cc4)o3)cc2)CC1. The Bertz CT molecular complexity index is 1080. The first kappa shape index (κ1) is 23.8. The molecular formula is C25H29N5O3S. The molecule has 1 amide bonds. The molecule has 1 aliphatic rings. The van der Waals surface area contributed by atoms with E-state index in [1.54, 1.807) is 0 Å². The molecule has 0 radical (unpaired) electrons. The maximum atomic E-state index is 12.4. The van der Waals surface area contributed by atoms with Gasteiger partial charge in [0.2, 0.25) is 11.8 Å². The minimum Gasteiger partial charge on any atom is -0.494 e. The van der Waals surface area contributed by atoms with Gasteiger partial charge in [-0.2, -0.15) is 0 Å². The number of anilines is 2. The van der Waals surface area contributed by atoms with Crippen LogP contribution in [0.15, 0.2) is 70.8 Å². The monoisotopic (exact) mass is 479 g/mol. The summed E-state index contributed by atoms with van der Waals surface area (Å²) in [6.07, 6.45) is 1.95. The molecule has 1 aromatic heterocycles. The van der Waals surface area contributed by atoms with Crippen molar-refractivity contribution < 1.29 is 13.9 Å². The van der Waals surface area contributed by atoms with Crippen LogP contribution in [-0.2, 0) is 4.79 Å². The van der Waals surface area contributed by atoms with Crippen molar-refractivity contribution in [2.75, 3.05) is 55.3 Å². The summed E-state index contributed by atoms with van der Waals surface area (Å²) in [5.41, 5.74) is 2.73. The fourth-order valence-electron chi connectivity index (χ4n) is 3.70. The summed E-state index contributed by atoms with van der Waals surface area (Å²) in [7, 11) is 0. The Morgan fingerprint density at radius 3 is 2.53 bits per heavy atom. The molecule has 0 atom stereocenters. The van der Waals surface area contributed by atoms with Gasteiger partial charge in [-0.25, -0.2) is 0 Å². The molecule has 1 fully saturated rings. The van der Waals surface area contributed by atoms with E-state index in [0.717, 1.165) is 49.7 Å². The predicted molar refractivity (Wildman–Crippen MR) is 136 cm³/mol. The van der Waals surface area contributed by atoms with Crippen LogP contribution < -0.4 is 15.0 Å². The summed E-state index contributed by atoms with van der Waals surface area (Å²) in [5.74, 6) is 1.25. The van der Waals surface area contributed by atoms with Crippen LogP contribution in [0.3, 0.4) is 0 Å². The molecule has 8 nitrogen and oxygen atoms in total. The molecule has 2 heterocycles. The minimum atomic E-state index is -0.128. The van der Waals surface area contributed by atoms with Gasteiger partial charge in [0.15, 0.2) is 0 Å². The number of thioether (sulfide) groups is 1. The average Bonchev–Trinajstić information content (AvgIpc) is 3.34. The van der Waals surface area contributed by atoms with Crippen molar-refractivity contribution in [1.29, 1.82) is 0 Å². The number of piperazine rings is 1. The van der Waals surface area contributed by atoms with Gasteiger partial charge in [0, 0.05) is 49.7 Å². The minimum absolute atomic E-state index is 0.128. The number of hydrogen-bond donors (Lipinski definition) is 1. The molecule has 9 heteroatoms. The van der Waals surface area contributed by atoms with Crippen LogP contribution in [0.1, 0.15) is 6.92 Å². The molecule has 3 aromatic rings. The molecule has 0 spiro atoms. The zero-order valence-electron chi connectivity index (χ0n) is 19.3. The van der Waals surface area contributed by atoms with Crippen LogP contribution in [0, 0.1) is 0 Å². The molecule has 34 heavy (non-hydrogen) atoms. The number of carbonyl (C=O) groups excluding carboxylic acids is 1. The Morgan fingerprint density at radius 1 is 1.12 bits per heavy atom. The molecule has 1 N–H and O–H groups in total. The highest BCUT2D eigenvalue weighted by molar-refractivity contribution is 7.99. The Hall–Kier alpha value is -3.30. The highest BCUT2D eigenvalue weighted by Crippen LogP contribution is 2.25. The predicted octanol–water partition coefficient (Wildman–Crippen LogP) is 4.17. The summed E-state index contributed by atoms with van der Waals surface area (Å²) in [6.45, 7) is 11.3. The van der Waals surface area contributed by atoms with E-state index < -0.39 is 0 Å². The lowest BCUT2D eigenvalue weighted by molar-refractivity contribution is -0.113. The second-order valence-corrected chi connectivity index (χ2v) is 8.72. The van der Waals surface area contributed by atoms with Gasteiger partial charge in [-0.1, -0.05) is 17.8 Å². The van der Waals surface area contributed by atoms with Gasteiger partial charge in [-0.3, -0.25) is 9.69 Å². The second-order valence-electron chi connectivity index (χ2n) is 7.79. The summed E-state index contributed by atoms with van der Waals surface area (Å²) in [5, 5.41) is 11.4. The summed E-state index contributed by atoms with van der Waals surface area (Å²) >= 11 is 1.21. The quantitative estimate of drug-likeness (QED) is 0.343. The molecule has 0 bridgehead atoms. The molecule has 0 unspecified atom stereocenters. The lowest BCUT2D eigenvalue weighted by Crippen LogP contribution is -2.46. The van der Waals surface area contributed by atoms with Crippen LogP contribution in [-0.4, -0.2) is 66.1 Å². The largest absolute Gasteiger partial charge is 0.494 e. The number of rotatable bonds is 10. The van der Waals surface area contributed by atoms with Gasteiger partial charge in [0.1, 0.15) is 5.75 Å². The number of nitrogens with one attached hydrogen (secondary N) is 1. The number of nitrogens with zero attached hydrogens (tertiary/aromatic N) is 4. The van der Waals surface area contributed by atoms with Gasteiger partial charge in [-0.15, -0.1) is 16.8 Å². The summed E-state index contributed by atoms with van der Waals surface area (Å²) in [6, 6.07) is 15.4. The second kappa shape index (κ2) is 11.7. The number of hydrogen-bond acceptors (Lipinski definition) is 8. The third-order valence-corrected chi connectivity index (χ3v) is 6.24. The maximum absolute atomic E-state index is 12.4. The van der Waals surface area contributed by atoms with Crippen molar-refractivity contribution in [3.8, 4) is 17.2 Å². The first-order valence-corrected chi connectivity index (χ1v) is 12.3. The maximum Gasteiger partial charge on any atom is 0.277 e. The van der Waals surface area contributed by atoms with E-state index in [0.29, 0.717) is 17.7 Å². The topological polar surface area (TPSA) is 83.7 Å². The Kier molecular flexibility index (Phi) is 8.21.